The Bertz CT molecular complexity index is 316. The average molecular weight is 254 g/mol. The maximum Gasteiger partial charge on any atom is 0.0513 e. The first kappa shape index (κ1) is 10.0. The number of hydrogen-bond acceptors (Lipinski definition) is 1. The summed E-state index contributed by atoms with van der Waals surface area (Å²) in [6.07, 6.45) is 4.06. The highest BCUT2D eigenvalue weighted by Crippen LogP contribution is 2.30. The molecule has 0 N–H and O–H groups in total. The molecular formula is C12H16BrN. The van der Waals surface area contributed by atoms with Gasteiger partial charge in [-0.1, -0.05) is 12.1 Å². The maximum absolute atomic E-state index is 3.67. The van der Waals surface area contributed by atoms with Gasteiger partial charge in [0.1, 0.15) is 0 Å². The molecule has 2 rings (SSSR count). The summed E-state index contributed by atoms with van der Waals surface area (Å²) >= 11 is 3.67. The molecule has 0 amide bonds. The van der Waals surface area contributed by atoms with Crippen molar-refractivity contribution in [2.45, 2.75) is 26.2 Å². The Labute approximate surface area is 94.2 Å². The molecule has 0 radical (unpaired) electrons. The van der Waals surface area contributed by atoms with Crippen molar-refractivity contribution in [1.29, 1.82) is 0 Å². The van der Waals surface area contributed by atoms with Crippen molar-refractivity contribution in [2.24, 2.45) is 0 Å². The van der Waals surface area contributed by atoms with Crippen LogP contribution >= 0.6 is 15.9 Å². The van der Waals surface area contributed by atoms with Gasteiger partial charge in [0.2, 0.25) is 0 Å². The first-order valence-corrected chi connectivity index (χ1v) is 6.08. The summed E-state index contributed by atoms with van der Waals surface area (Å²) < 4.78 is 1.27. The summed E-state index contributed by atoms with van der Waals surface area (Å²) in [5.41, 5.74) is 2.69. The van der Waals surface area contributed by atoms with Crippen molar-refractivity contribution in [3.63, 3.8) is 0 Å². The van der Waals surface area contributed by atoms with Crippen LogP contribution in [0.4, 0.5) is 5.69 Å². The van der Waals surface area contributed by atoms with Gasteiger partial charge in [-0.25, -0.2) is 0 Å². The van der Waals surface area contributed by atoms with E-state index in [-0.39, 0.29) is 0 Å². The summed E-state index contributed by atoms with van der Waals surface area (Å²) in [6.45, 7) is 4.57. The molecule has 0 aromatic heterocycles. The Morgan fingerprint density at radius 1 is 1.14 bits per heavy atom. The first-order valence-electron chi connectivity index (χ1n) is 5.29. The van der Waals surface area contributed by atoms with Gasteiger partial charge in [-0.3, -0.25) is 0 Å². The van der Waals surface area contributed by atoms with Gasteiger partial charge < -0.3 is 4.90 Å². The summed E-state index contributed by atoms with van der Waals surface area (Å²) in [4.78, 5) is 2.49. The Morgan fingerprint density at radius 2 is 1.86 bits per heavy atom. The summed E-state index contributed by atoms with van der Waals surface area (Å²) in [6, 6.07) is 6.50. The fourth-order valence-corrected chi connectivity index (χ4v) is 2.53. The molecule has 1 fully saturated rings. The van der Waals surface area contributed by atoms with Gasteiger partial charge in [-0.2, -0.15) is 0 Å². The van der Waals surface area contributed by atoms with E-state index in [0.717, 1.165) is 0 Å². The number of aryl methyl sites for hydroxylation is 1. The lowest BCUT2D eigenvalue weighted by Crippen LogP contribution is -2.29. The van der Waals surface area contributed by atoms with Crippen LogP contribution in [0, 0.1) is 6.92 Å². The van der Waals surface area contributed by atoms with Crippen LogP contribution in [-0.2, 0) is 0 Å². The zero-order valence-corrected chi connectivity index (χ0v) is 10.2. The van der Waals surface area contributed by atoms with Crippen molar-refractivity contribution in [3.8, 4) is 0 Å². The fraction of sp³-hybridized carbons (Fsp3) is 0.500. The lowest BCUT2D eigenvalue weighted by Gasteiger charge is -2.30. The quantitative estimate of drug-likeness (QED) is 0.737. The molecule has 0 unspecified atom stereocenters. The van der Waals surface area contributed by atoms with Crippen LogP contribution in [0.25, 0.3) is 0 Å². The Balaban J connectivity index is 2.26. The minimum absolute atomic E-state index is 1.21. The third-order valence-electron chi connectivity index (χ3n) is 2.87. The van der Waals surface area contributed by atoms with E-state index in [1.54, 1.807) is 0 Å². The zero-order chi connectivity index (χ0) is 9.97. The minimum atomic E-state index is 1.21. The molecule has 1 saturated heterocycles. The third kappa shape index (κ3) is 1.95. The Morgan fingerprint density at radius 3 is 2.57 bits per heavy atom. The number of hydrogen-bond donors (Lipinski definition) is 0. The first-order chi connectivity index (χ1) is 6.79. The summed E-state index contributed by atoms with van der Waals surface area (Å²) in [5.74, 6) is 0. The molecule has 14 heavy (non-hydrogen) atoms. The maximum atomic E-state index is 3.67. The van der Waals surface area contributed by atoms with E-state index in [9.17, 15) is 0 Å². The number of halogens is 1. The van der Waals surface area contributed by atoms with Gasteiger partial charge in [0.15, 0.2) is 0 Å². The van der Waals surface area contributed by atoms with Gasteiger partial charge in [-0.05, 0) is 53.7 Å². The van der Waals surface area contributed by atoms with Crippen LogP contribution in [0.15, 0.2) is 22.7 Å². The highest BCUT2D eigenvalue weighted by atomic mass is 79.9. The van der Waals surface area contributed by atoms with Crippen LogP contribution in [0.3, 0.4) is 0 Å². The lowest BCUT2D eigenvalue weighted by atomic mass is 10.1. The molecule has 1 aliphatic rings. The highest BCUT2D eigenvalue weighted by Gasteiger charge is 2.13. The summed E-state index contributed by atoms with van der Waals surface area (Å²) in [5, 5.41) is 0. The van der Waals surface area contributed by atoms with Gasteiger partial charge in [0.25, 0.3) is 0 Å². The van der Waals surface area contributed by atoms with Gasteiger partial charge in [0, 0.05) is 17.6 Å². The third-order valence-corrected chi connectivity index (χ3v) is 3.90. The number of piperidine rings is 1. The van der Waals surface area contributed by atoms with E-state index in [2.05, 4.69) is 46.0 Å². The van der Waals surface area contributed by atoms with Crippen LogP contribution < -0.4 is 4.90 Å². The number of anilines is 1. The largest absolute Gasteiger partial charge is 0.371 e. The van der Waals surface area contributed by atoms with Crippen LogP contribution in [-0.4, -0.2) is 13.1 Å². The van der Waals surface area contributed by atoms with Gasteiger partial charge in [-0.15, -0.1) is 0 Å². The van der Waals surface area contributed by atoms with E-state index in [4.69, 9.17) is 0 Å². The average Bonchev–Trinajstić information content (AvgIpc) is 2.23. The monoisotopic (exact) mass is 253 g/mol. The molecule has 1 aromatic rings. The van der Waals surface area contributed by atoms with E-state index in [0.29, 0.717) is 0 Å². The van der Waals surface area contributed by atoms with Crippen LogP contribution in [0.5, 0.6) is 0 Å². The van der Waals surface area contributed by atoms with E-state index >= 15 is 0 Å². The molecule has 1 aromatic carbocycles. The molecule has 0 atom stereocenters. The molecule has 1 nitrogen and oxygen atoms in total. The zero-order valence-electron chi connectivity index (χ0n) is 8.59. The molecule has 0 aliphatic carbocycles. The van der Waals surface area contributed by atoms with Crippen LogP contribution in [0.2, 0.25) is 0 Å². The van der Waals surface area contributed by atoms with Crippen LogP contribution in [0.1, 0.15) is 24.8 Å². The minimum Gasteiger partial charge on any atom is -0.371 e. The molecule has 1 aliphatic heterocycles. The normalized spacial score (nSPS) is 17.1. The molecule has 0 spiro atoms. The van der Waals surface area contributed by atoms with Crippen molar-refractivity contribution >= 4 is 21.6 Å². The number of benzene rings is 1. The Hall–Kier alpha value is -0.500. The van der Waals surface area contributed by atoms with Gasteiger partial charge in [0.05, 0.1) is 5.69 Å². The molecule has 2 heteroatoms. The molecule has 0 bridgehead atoms. The highest BCUT2D eigenvalue weighted by molar-refractivity contribution is 9.10. The van der Waals surface area contributed by atoms with E-state index < -0.39 is 0 Å². The topological polar surface area (TPSA) is 3.24 Å². The number of rotatable bonds is 1. The van der Waals surface area contributed by atoms with Crippen molar-refractivity contribution in [1.82, 2.24) is 0 Å². The SMILES string of the molecule is Cc1cccc(N2CCCCC2)c1Br. The van der Waals surface area contributed by atoms with Crippen molar-refractivity contribution < 1.29 is 0 Å². The van der Waals surface area contributed by atoms with E-state index in [1.807, 2.05) is 0 Å². The molecule has 76 valence electrons. The lowest BCUT2D eigenvalue weighted by molar-refractivity contribution is 0.577. The second kappa shape index (κ2) is 4.35. The van der Waals surface area contributed by atoms with Crippen molar-refractivity contribution in [3.05, 3.63) is 28.2 Å². The predicted octanol–water partition coefficient (Wildman–Crippen LogP) is 3.75. The fourth-order valence-electron chi connectivity index (χ4n) is 2.01. The second-order valence-electron chi connectivity index (χ2n) is 3.96. The molecular weight excluding hydrogens is 238 g/mol. The van der Waals surface area contributed by atoms with Gasteiger partial charge >= 0.3 is 0 Å². The van der Waals surface area contributed by atoms with Crippen molar-refractivity contribution in [2.75, 3.05) is 18.0 Å². The predicted molar refractivity (Wildman–Crippen MR) is 64.9 cm³/mol. The summed E-state index contributed by atoms with van der Waals surface area (Å²) in [7, 11) is 0. The standard InChI is InChI=1S/C12H16BrN/c1-10-6-5-7-11(12(10)13)14-8-3-2-4-9-14/h5-7H,2-4,8-9H2,1H3. The second-order valence-corrected chi connectivity index (χ2v) is 4.75. The Kier molecular flexibility index (Phi) is 3.12. The van der Waals surface area contributed by atoms with E-state index in [1.165, 1.54) is 48.1 Å². The molecule has 1 heterocycles. The smallest absolute Gasteiger partial charge is 0.0513 e. The number of nitrogens with zero attached hydrogens (tertiary/aromatic N) is 1. The molecule has 0 saturated carbocycles.